The maximum absolute atomic E-state index is 5.49. The van der Waals surface area contributed by atoms with Crippen LogP contribution in [0, 0.1) is 6.92 Å². The van der Waals surface area contributed by atoms with Gasteiger partial charge in [0.1, 0.15) is 12.4 Å². The number of nitrogens with two attached hydrogens (primary N) is 1. The van der Waals surface area contributed by atoms with Crippen LogP contribution in [0.15, 0.2) is 42.7 Å². The Morgan fingerprint density at radius 1 is 1.33 bits per heavy atom. The van der Waals surface area contributed by atoms with Gasteiger partial charge in [-0.15, -0.1) is 0 Å². The van der Waals surface area contributed by atoms with E-state index in [1.165, 1.54) is 0 Å². The lowest BCUT2D eigenvalue weighted by Crippen LogP contribution is -2.10. The molecule has 0 radical (unpaired) electrons. The minimum Gasteiger partial charge on any atom is -0.492 e. The summed E-state index contributed by atoms with van der Waals surface area (Å²) < 4.78 is 5.49. The molecule has 4 nitrogen and oxygen atoms in total. The Morgan fingerprint density at radius 2 is 2.22 bits per heavy atom. The molecule has 94 valence electrons. The summed E-state index contributed by atoms with van der Waals surface area (Å²) in [7, 11) is 0. The van der Waals surface area contributed by atoms with Crippen molar-refractivity contribution in [1.29, 1.82) is 0 Å². The first-order chi connectivity index (χ1) is 8.79. The number of anilines is 2. The third-order valence-corrected chi connectivity index (χ3v) is 2.52. The van der Waals surface area contributed by atoms with Crippen molar-refractivity contribution in [3.8, 4) is 5.75 Å². The number of aromatic nitrogens is 1. The van der Waals surface area contributed by atoms with Crippen LogP contribution >= 0.6 is 0 Å². The molecule has 4 heteroatoms. The number of hydrogen-bond acceptors (Lipinski definition) is 4. The first-order valence-electron chi connectivity index (χ1n) is 5.90. The van der Waals surface area contributed by atoms with Crippen molar-refractivity contribution < 1.29 is 4.74 Å². The highest BCUT2D eigenvalue weighted by molar-refractivity contribution is 5.63. The molecule has 3 N–H and O–H groups in total. The molecule has 0 atom stereocenters. The molecule has 18 heavy (non-hydrogen) atoms. The van der Waals surface area contributed by atoms with E-state index in [9.17, 15) is 0 Å². The fraction of sp³-hybridized carbons (Fsp3) is 0.214. The zero-order valence-electron chi connectivity index (χ0n) is 10.4. The van der Waals surface area contributed by atoms with Gasteiger partial charge in [-0.2, -0.15) is 0 Å². The van der Waals surface area contributed by atoms with E-state index in [0.717, 1.165) is 22.7 Å². The summed E-state index contributed by atoms with van der Waals surface area (Å²) >= 11 is 0. The SMILES string of the molecule is Cc1cnccc1Nc1cccc(OCCN)c1. The number of rotatable bonds is 5. The maximum atomic E-state index is 5.49. The molecule has 0 spiro atoms. The summed E-state index contributed by atoms with van der Waals surface area (Å²) in [5.41, 5.74) is 8.54. The molecule has 1 heterocycles. The van der Waals surface area contributed by atoms with Gasteiger partial charge in [0, 0.05) is 36.4 Å². The van der Waals surface area contributed by atoms with E-state index in [4.69, 9.17) is 10.5 Å². The van der Waals surface area contributed by atoms with Crippen LogP contribution in [0.4, 0.5) is 11.4 Å². The van der Waals surface area contributed by atoms with E-state index in [2.05, 4.69) is 10.3 Å². The van der Waals surface area contributed by atoms with Crippen LogP contribution in [0.1, 0.15) is 5.56 Å². The highest BCUT2D eigenvalue weighted by Crippen LogP contribution is 2.22. The fourth-order valence-corrected chi connectivity index (χ4v) is 1.61. The molecule has 0 saturated heterocycles. The second-order valence-corrected chi connectivity index (χ2v) is 3.98. The van der Waals surface area contributed by atoms with E-state index in [-0.39, 0.29) is 0 Å². The van der Waals surface area contributed by atoms with Crippen LogP contribution in [0.3, 0.4) is 0 Å². The third-order valence-electron chi connectivity index (χ3n) is 2.52. The predicted molar refractivity (Wildman–Crippen MR) is 73.2 cm³/mol. The standard InChI is InChI=1S/C14H17N3O/c1-11-10-16-7-5-14(11)17-12-3-2-4-13(9-12)18-8-6-15/h2-5,7,9-10H,6,8,15H2,1H3,(H,16,17). The van der Waals surface area contributed by atoms with Crippen LogP contribution in [0.5, 0.6) is 5.75 Å². The average Bonchev–Trinajstić information content (AvgIpc) is 2.40. The number of pyridine rings is 1. The number of nitrogens with zero attached hydrogens (tertiary/aromatic N) is 1. The number of benzene rings is 1. The maximum Gasteiger partial charge on any atom is 0.121 e. The van der Waals surface area contributed by atoms with Gasteiger partial charge in [-0.05, 0) is 30.7 Å². The Balaban J connectivity index is 2.12. The molecule has 0 saturated carbocycles. The Kier molecular flexibility index (Phi) is 4.15. The van der Waals surface area contributed by atoms with Crippen molar-refractivity contribution in [3.05, 3.63) is 48.3 Å². The summed E-state index contributed by atoms with van der Waals surface area (Å²) in [6, 6.07) is 9.76. The molecule has 2 rings (SSSR count). The smallest absolute Gasteiger partial charge is 0.121 e. The Hall–Kier alpha value is -2.07. The summed E-state index contributed by atoms with van der Waals surface area (Å²) in [6.45, 7) is 3.06. The molecule has 0 unspecified atom stereocenters. The molecular weight excluding hydrogens is 226 g/mol. The third kappa shape index (κ3) is 3.21. The molecule has 1 aromatic heterocycles. The Morgan fingerprint density at radius 3 is 3.00 bits per heavy atom. The van der Waals surface area contributed by atoms with E-state index < -0.39 is 0 Å². The van der Waals surface area contributed by atoms with Gasteiger partial charge in [0.2, 0.25) is 0 Å². The van der Waals surface area contributed by atoms with Gasteiger partial charge < -0.3 is 15.8 Å². The quantitative estimate of drug-likeness (QED) is 0.847. The van der Waals surface area contributed by atoms with Crippen molar-refractivity contribution in [2.24, 2.45) is 5.73 Å². The molecule has 0 bridgehead atoms. The van der Waals surface area contributed by atoms with Gasteiger partial charge in [-0.1, -0.05) is 6.07 Å². The Bertz CT molecular complexity index is 514. The summed E-state index contributed by atoms with van der Waals surface area (Å²) in [4.78, 5) is 4.07. The lowest BCUT2D eigenvalue weighted by molar-refractivity contribution is 0.328. The monoisotopic (exact) mass is 243 g/mol. The van der Waals surface area contributed by atoms with Gasteiger partial charge in [-0.25, -0.2) is 0 Å². The topological polar surface area (TPSA) is 60.2 Å². The average molecular weight is 243 g/mol. The number of hydrogen-bond donors (Lipinski definition) is 2. The number of aryl methyl sites for hydroxylation is 1. The number of nitrogens with one attached hydrogen (secondary N) is 1. The van der Waals surface area contributed by atoms with Crippen LogP contribution in [-0.2, 0) is 0 Å². The molecule has 0 fully saturated rings. The van der Waals surface area contributed by atoms with Crippen LogP contribution in [0.25, 0.3) is 0 Å². The first-order valence-corrected chi connectivity index (χ1v) is 5.90. The largest absolute Gasteiger partial charge is 0.492 e. The number of ether oxygens (including phenoxy) is 1. The highest BCUT2D eigenvalue weighted by atomic mass is 16.5. The predicted octanol–water partition coefficient (Wildman–Crippen LogP) is 2.47. The van der Waals surface area contributed by atoms with Gasteiger partial charge in [-0.3, -0.25) is 4.98 Å². The van der Waals surface area contributed by atoms with Crippen LogP contribution in [0.2, 0.25) is 0 Å². The molecule has 0 aliphatic heterocycles. The van der Waals surface area contributed by atoms with Gasteiger partial charge in [0.15, 0.2) is 0 Å². The fourth-order valence-electron chi connectivity index (χ4n) is 1.61. The van der Waals surface area contributed by atoms with Crippen LogP contribution < -0.4 is 15.8 Å². The molecule has 0 aliphatic rings. The van der Waals surface area contributed by atoms with E-state index >= 15 is 0 Å². The summed E-state index contributed by atoms with van der Waals surface area (Å²) in [5, 5.41) is 3.34. The molecule has 1 aromatic carbocycles. The summed E-state index contributed by atoms with van der Waals surface area (Å²) in [6.07, 6.45) is 3.60. The minimum absolute atomic E-state index is 0.515. The van der Waals surface area contributed by atoms with Gasteiger partial charge in [0.05, 0.1) is 0 Å². The van der Waals surface area contributed by atoms with E-state index in [1.807, 2.05) is 43.5 Å². The second kappa shape index (κ2) is 6.02. The van der Waals surface area contributed by atoms with Gasteiger partial charge >= 0.3 is 0 Å². The van der Waals surface area contributed by atoms with Crippen molar-refractivity contribution in [2.75, 3.05) is 18.5 Å². The molecule has 0 aliphatic carbocycles. The van der Waals surface area contributed by atoms with Gasteiger partial charge in [0.25, 0.3) is 0 Å². The summed E-state index contributed by atoms with van der Waals surface area (Å²) in [5.74, 6) is 0.817. The molecule has 0 amide bonds. The first kappa shape index (κ1) is 12.4. The molecule has 2 aromatic rings. The lowest BCUT2D eigenvalue weighted by atomic mass is 10.2. The molecular formula is C14H17N3O. The van der Waals surface area contributed by atoms with Crippen LogP contribution in [-0.4, -0.2) is 18.1 Å². The van der Waals surface area contributed by atoms with E-state index in [0.29, 0.717) is 13.2 Å². The van der Waals surface area contributed by atoms with Crippen molar-refractivity contribution in [1.82, 2.24) is 4.98 Å². The second-order valence-electron chi connectivity index (χ2n) is 3.98. The van der Waals surface area contributed by atoms with Crippen molar-refractivity contribution in [2.45, 2.75) is 6.92 Å². The zero-order valence-corrected chi connectivity index (χ0v) is 10.4. The van der Waals surface area contributed by atoms with E-state index in [1.54, 1.807) is 6.20 Å². The lowest BCUT2D eigenvalue weighted by Gasteiger charge is -2.10. The van der Waals surface area contributed by atoms with Crippen molar-refractivity contribution >= 4 is 11.4 Å². The highest BCUT2D eigenvalue weighted by Gasteiger charge is 2.00. The Labute approximate surface area is 107 Å². The minimum atomic E-state index is 0.515. The van der Waals surface area contributed by atoms with Crippen molar-refractivity contribution in [3.63, 3.8) is 0 Å². The normalized spacial score (nSPS) is 10.1. The zero-order chi connectivity index (χ0) is 12.8.